The molecule has 2 rings (SSSR count). The first-order chi connectivity index (χ1) is 9.26. The summed E-state index contributed by atoms with van der Waals surface area (Å²) in [5.74, 6) is -0.400. The molecule has 20 heavy (non-hydrogen) atoms. The van der Waals surface area contributed by atoms with E-state index in [1.54, 1.807) is 6.26 Å². The topological polar surface area (TPSA) is 52.6 Å². The van der Waals surface area contributed by atoms with E-state index in [2.05, 4.69) is 15.5 Å². The number of hydrogen-bond acceptors (Lipinski definition) is 4. The van der Waals surface area contributed by atoms with Crippen LogP contribution in [0.1, 0.15) is 5.56 Å². The van der Waals surface area contributed by atoms with Crippen LogP contribution in [-0.2, 0) is 14.9 Å². The van der Waals surface area contributed by atoms with Crippen LogP contribution in [0.25, 0.3) is 6.08 Å². The second kappa shape index (κ2) is 6.47. The van der Waals surface area contributed by atoms with Gasteiger partial charge < -0.3 is 8.92 Å². The maximum Gasteiger partial charge on any atom is 0.534 e. The molecule has 0 unspecified atom stereocenters. The van der Waals surface area contributed by atoms with E-state index in [1.807, 2.05) is 6.08 Å². The third-order valence-corrected chi connectivity index (χ3v) is 2.97. The van der Waals surface area contributed by atoms with E-state index < -0.39 is 21.4 Å². The van der Waals surface area contributed by atoms with E-state index in [4.69, 9.17) is 0 Å². The van der Waals surface area contributed by atoms with E-state index >= 15 is 0 Å². The summed E-state index contributed by atoms with van der Waals surface area (Å²) in [4.78, 5) is 0. The molecule has 0 saturated heterocycles. The normalized spacial score (nSPS) is 13.3. The van der Waals surface area contributed by atoms with Crippen molar-refractivity contribution in [3.8, 4) is 5.75 Å². The number of rotatable bonds is 3. The Balaban J connectivity index is 0.000000425. The Morgan fingerprint density at radius 3 is 2.00 bits per heavy atom. The number of ether oxygens (including phenoxy) is 1. The van der Waals surface area contributed by atoms with Gasteiger partial charge >= 0.3 is 15.6 Å². The lowest BCUT2D eigenvalue weighted by molar-refractivity contribution is -0.0500. The predicted molar refractivity (Wildman–Crippen MR) is 67.2 cm³/mol. The van der Waals surface area contributed by atoms with Gasteiger partial charge in [0.1, 0.15) is 12.4 Å². The zero-order valence-electron chi connectivity index (χ0n) is 10.1. The number of alkyl halides is 3. The largest absolute Gasteiger partial charge is 0.534 e. The molecular weight excluding hydrogens is 297 g/mol. The highest BCUT2D eigenvalue weighted by Crippen LogP contribution is 2.26. The van der Waals surface area contributed by atoms with Crippen LogP contribution in [0.3, 0.4) is 0 Å². The lowest BCUT2D eigenvalue weighted by Crippen LogP contribution is -2.28. The van der Waals surface area contributed by atoms with Crippen LogP contribution in [0.4, 0.5) is 13.2 Å². The summed E-state index contributed by atoms with van der Waals surface area (Å²) in [6.45, 7) is 4.25. The fourth-order valence-electron chi connectivity index (χ4n) is 0.930. The molecule has 8 heteroatoms. The fourth-order valence-corrected chi connectivity index (χ4v) is 1.39. The molecule has 0 fully saturated rings. The molecule has 1 heterocycles. The highest BCUT2D eigenvalue weighted by molar-refractivity contribution is 7.87. The third-order valence-electron chi connectivity index (χ3n) is 1.99. The lowest BCUT2D eigenvalue weighted by atomic mass is 10.2. The molecule has 0 radical (unpaired) electrons. The van der Waals surface area contributed by atoms with E-state index in [0.717, 1.165) is 18.7 Å². The van der Waals surface area contributed by atoms with Crippen molar-refractivity contribution in [3.05, 3.63) is 48.7 Å². The Hall–Kier alpha value is -1.96. The molecular formula is C12H11F3O4S. The SMILES string of the molecule is C1=COC1.C=Cc1ccc(OS(=O)(=O)C(F)(F)F)cc1. The van der Waals surface area contributed by atoms with Gasteiger partial charge in [0.15, 0.2) is 0 Å². The molecule has 1 aliphatic heterocycles. The minimum absolute atomic E-state index is 0.400. The van der Waals surface area contributed by atoms with Crippen molar-refractivity contribution in [2.45, 2.75) is 5.51 Å². The molecule has 0 spiro atoms. The summed E-state index contributed by atoms with van der Waals surface area (Å²) in [5, 5.41) is 0. The molecule has 1 aromatic carbocycles. The molecule has 0 saturated carbocycles. The molecule has 1 aliphatic rings. The molecule has 110 valence electrons. The monoisotopic (exact) mass is 308 g/mol. The minimum Gasteiger partial charge on any atom is -0.497 e. The molecule has 0 N–H and O–H groups in total. The van der Waals surface area contributed by atoms with Crippen molar-refractivity contribution < 1.29 is 30.5 Å². The molecule has 0 aliphatic carbocycles. The van der Waals surface area contributed by atoms with Crippen molar-refractivity contribution in [2.75, 3.05) is 6.61 Å². The molecule has 0 aromatic heterocycles. The van der Waals surface area contributed by atoms with Crippen molar-refractivity contribution in [2.24, 2.45) is 0 Å². The van der Waals surface area contributed by atoms with Crippen LogP contribution in [0.2, 0.25) is 0 Å². The zero-order chi connectivity index (χ0) is 15.2. The highest BCUT2D eigenvalue weighted by atomic mass is 32.2. The van der Waals surface area contributed by atoms with Gasteiger partial charge in [0, 0.05) is 0 Å². The van der Waals surface area contributed by atoms with Crippen LogP contribution in [0, 0.1) is 0 Å². The lowest BCUT2D eigenvalue weighted by Gasteiger charge is -2.09. The first kappa shape index (κ1) is 16.1. The van der Waals surface area contributed by atoms with Crippen LogP contribution in [0.15, 0.2) is 43.2 Å². The quantitative estimate of drug-likeness (QED) is 0.636. The summed E-state index contributed by atoms with van der Waals surface area (Å²) in [5.41, 5.74) is -4.79. The first-order valence-electron chi connectivity index (χ1n) is 5.26. The number of halogens is 3. The van der Waals surface area contributed by atoms with Gasteiger partial charge in [-0.3, -0.25) is 0 Å². The van der Waals surface area contributed by atoms with Crippen LogP contribution in [0.5, 0.6) is 5.75 Å². The second-order valence-corrected chi connectivity index (χ2v) is 5.00. The summed E-state index contributed by atoms with van der Waals surface area (Å²) >= 11 is 0. The van der Waals surface area contributed by atoms with Gasteiger partial charge in [-0.1, -0.05) is 24.8 Å². The summed E-state index contributed by atoms with van der Waals surface area (Å²) < 4.78 is 65.4. The standard InChI is InChI=1S/C9H7F3O3S.C3H4O/c1-2-7-3-5-8(6-4-7)15-16(13,14)9(10,11)12;1-2-4-3-1/h2-6H,1H2;1-2H,3H2. The van der Waals surface area contributed by atoms with Gasteiger partial charge in [0.2, 0.25) is 0 Å². The third kappa shape index (κ3) is 4.61. The van der Waals surface area contributed by atoms with Crippen LogP contribution in [-0.4, -0.2) is 20.5 Å². The first-order valence-corrected chi connectivity index (χ1v) is 6.67. The van der Waals surface area contributed by atoms with Crippen LogP contribution >= 0.6 is 0 Å². The summed E-state index contributed by atoms with van der Waals surface area (Å²) in [6, 6.07) is 4.99. The Labute approximate surface area is 114 Å². The van der Waals surface area contributed by atoms with Crippen molar-refractivity contribution in [3.63, 3.8) is 0 Å². The Kier molecular flexibility index (Phi) is 5.20. The van der Waals surface area contributed by atoms with Gasteiger partial charge in [-0.25, -0.2) is 0 Å². The van der Waals surface area contributed by atoms with Gasteiger partial charge in [-0.15, -0.1) is 0 Å². The number of benzene rings is 1. The molecule has 0 amide bonds. The highest BCUT2D eigenvalue weighted by Gasteiger charge is 2.48. The van der Waals surface area contributed by atoms with Crippen molar-refractivity contribution in [1.82, 2.24) is 0 Å². The zero-order valence-corrected chi connectivity index (χ0v) is 10.9. The van der Waals surface area contributed by atoms with Gasteiger partial charge in [-0.2, -0.15) is 21.6 Å². The van der Waals surface area contributed by atoms with E-state index in [1.165, 1.54) is 18.2 Å². The van der Waals surface area contributed by atoms with E-state index in [9.17, 15) is 21.6 Å². The average molecular weight is 308 g/mol. The Bertz CT molecular complexity index is 568. The van der Waals surface area contributed by atoms with E-state index in [0.29, 0.717) is 5.56 Å². The van der Waals surface area contributed by atoms with Gasteiger partial charge in [0.25, 0.3) is 0 Å². The molecule has 0 bridgehead atoms. The molecule has 4 nitrogen and oxygen atoms in total. The Morgan fingerprint density at radius 1 is 1.25 bits per heavy atom. The van der Waals surface area contributed by atoms with Crippen molar-refractivity contribution >= 4 is 16.2 Å². The van der Waals surface area contributed by atoms with E-state index in [-0.39, 0.29) is 0 Å². The predicted octanol–water partition coefficient (Wildman–Crippen LogP) is 3.09. The van der Waals surface area contributed by atoms with Crippen molar-refractivity contribution in [1.29, 1.82) is 0 Å². The second-order valence-electron chi connectivity index (χ2n) is 3.46. The maximum absolute atomic E-state index is 11.9. The summed E-state index contributed by atoms with van der Waals surface area (Å²) in [6.07, 6.45) is 5.10. The fraction of sp³-hybridized carbons (Fsp3) is 0.167. The van der Waals surface area contributed by atoms with Gasteiger partial charge in [0.05, 0.1) is 6.26 Å². The maximum atomic E-state index is 11.9. The minimum atomic E-state index is -5.60. The molecule has 0 atom stereocenters. The number of hydrogen-bond donors (Lipinski definition) is 0. The molecule has 1 aromatic rings. The van der Waals surface area contributed by atoms with Crippen LogP contribution < -0.4 is 4.18 Å². The van der Waals surface area contributed by atoms with Gasteiger partial charge in [-0.05, 0) is 23.8 Å². The average Bonchev–Trinajstić information content (AvgIpc) is 2.25. The summed E-state index contributed by atoms with van der Waals surface area (Å²) in [7, 11) is -5.60. The smallest absolute Gasteiger partial charge is 0.497 e. The Morgan fingerprint density at radius 2 is 1.70 bits per heavy atom.